The monoisotopic (exact) mass is 456 g/mol. The van der Waals surface area contributed by atoms with Crippen LogP contribution in [0, 0.1) is 11.7 Å². The van der Waals surface area contributed by atoms with Gasteiger partial charge in [0.2, 0.25) is 5.95 Å². The molecule has 0 atom stereocenters. The fourth-order valence-corrected chi connectivity index (χ4v) is 4.10. The Morgan fingerprint density at radius 1 is 1.06 bits per heavy atom. The third-order valence-electron chi connectivity index (χ3n) is 5.33. The summed E-state index contributed by atoms with van der Waals surface area (Å²) in [5.74, 6) is 0.710. The number of rotatable bonds is 8. The van der Waals surface area contributed by atoms with Gasteiger partial charge in [0, 0.05) is 49.4 Å². The van der Waals surface area contributed by atoms with E-state index in [9.17, 15) is 12.8 Å². The van der Waals surface area contributed by atoms with Crippen molar-refractivity contribution < 1.29 is 17.5 Å². The summed E-state index contributed by atoms with van der Waals surface area (Å²) in [6.07, 6.45) is 8.30. The van der Waals surface area contributed by atoms with E-state index in [1.165, 1.54) is 18.3 Å². The minimum Gasteiger partial charge on any atom is -0.490 e. The van der Waals surface area contributed by atoms with E-state index in [2.05, 4.69) is 26.8 Å². The zero-order valence-corrected chi connectivity index (χ0v) is 18.8. The van der Waals surface area contributed by atoms with Crippen LogP contribution in [-0.4, -0.2) is 49.3 Å². The molecular weight excluding hydrogens is 431 g/mol. The predicted molar refractivity (Wildman–Crippen MR) is 120 cm³/mol. The first kappa shape index (κ1) is 22.1. The quantitative estimate of drug-likeness (QED) is 0.512. The molecule has 3 heterocycles. The van der Waals surface area contributed by atoms with Gasteiger partial charge >= 0.3 is 0 Å². The number of nitrogens with zero attached hydrogens (tertiary/aromatic N) is 4. The highest BCUT2D eigenvalue weighted by Gasteiger charge is 2.29. The van der Waals surface area contributed by atoms with Gasteiger partial charge in [-0.1, -0.05) is 19.4 Å². The Morgan fingerprint density at radius 2 is 1.78 bits per heavy atom. The van der Waals surface area contributed by atoms with Crippen LogP contribution in [0.25, 0.3) is 11.1 Å². The van der Waals surface area contributed by atoms with Crippen molar-refractivity contribution in [1.82, 2.24) is 15.0 Å². The first-order valence-corrected chi connectivity index (χ1v) is 12.4. The molecule has 168 valence electrons. The highest BCUT2D eigenvalue weighted by atomic mass is 32.2. The number of pyridine rings is 1. The van der Waals surface area contributed by atoms with Gasteiger partial charge in [-0.3, -0.25) is 0 Å². The Hall–Kier alpha value is -3.07. The van der Waals surface area contributed by atoms with Crippen LogP contribution in [0.4, 0.5) is 10.3 Å². The lowest BCUT2D eigenvalue weighted by molar-refractivity contribution is 0.212. The molecule has 0 radical (unpaired) electrons. The standard InChI is InChI=1S/C23H25FN4O3S/c1-3-4-16-10-26-23(27-11-16)28-13-17(14-28)15-31-21-7-5-18(9-20(21)24)19-6-8-22(25-12-19)32(2,29)30/h5-12,17H,3-4,13-15H2,1-2H3. The maximum atomic E-state index is 14.5. The molecule has 0 saturated carbocycles. The molecule has 0 aliphatic carbocycles. The molecule has 9 heteroatoms. The van der Waals surface area contributed by atoms with Crippen molar-refractivity contribution in [2.75, 3.05) is 30.9 Å². The molecule has 0 unspecified atom stereocenters. The summed E-state index contributed by atoms with van der Waals surface area (Å²) in [7, 11) is -3.37. The summed E-state index contributed by atoms with van der Waals surface area (Å²) in [5, 5.41) is -0.0153. The molecule has 7 nitrogen and oxygen atoms in total. The molecule has 0 N–H and O–H groups in total. The Labute approximate surface area is 187 Å². The van der Waals surface area contributed by atoms with Crippen molar-refractivity contribution in [3.63, 3.8) is 0 Å². The fourth-order valence-electron chi connectivity index (χ4n) is 3.54. The average Bonchev–Trinajstić information content (AvgIpc) is 2.74. The molecule has 3 aromatic rings. The minimum absolute atomic E-state index is 0.0153. The molecule has 32 heavy (non-hydrogen) atoms. The van der Waals surface area contributed by atoms with Crippen molar-refractivity contribution in [1.29, 1.82) is 0 Å². The van der Waals surface area contributed by atoms with E-state index in [1.807, 2.05) is 12.4 Å². The number of halogens is 1. The molecule has 0 bridgehead atoms. The lowest BCUT2D eigenvalue weighted by Gasteiger charge is -2.38. The highest BCUT2D eigenvalue weighted by Crippen LogP contribution is 2.27. The van der Waals surface area contributed by atoms with Gasteiger partial charge in [0.25, 0.3) is 0 Å². The zero-order valence-electron chi connectivity index (χ0n) is 18.0. The SMILES string of the molecule is CCCc1cnc(N2CC(COc3ccc(-c4ccc(S(C)(=O)=O)nc4)cc3F)C2)nc1. The average molecular weight is 457 g/mol. The van der Waals surface area contributed by atoms with Crippen molar-refractivity contribution in [2.45, 2.75) is 24.8 Å². The number of hydrogen-bond acceptors (Lipinski definition) is 7. The molecule has 1 aromatic carbocycles. The van der Waals surface area contributed by atoms with Crippen molar-refractivity contribution in [3.8, 4) is 16.9 Å². The lowest BCUT2D eigenvalue weighted by Crippen LogP contribution is -2.50. The summed E-state index contributed by atoms with van der Waals surface area (Å²) >= 11 is 0. The van der Waals surface area contributed by atoms with Crippen LogP contribution in [0.1, 0.15) is 18.9 Å². The van der Waals surface area contributed by atoms with Gasteiger partial charge < -0.3 is 9.64 Å². The normalized spacial score (nSPS) is 14.3. The van der Waals surface area contributed by atoms with Crippen LogP contribution in [-0.2, 0) is 16.3 Å². The minimum atomic E-state index is -3.37. The number of hydrogen-bond donors (Lipinski definition) is 0. The number of sulfone groups is 1. The second-order valence-corrected chi connectivity index (χ2v) is 9.99. The van der Waals surface area contributed by atoms with E-state index in [-0.39, 0.29) is 16.7 Å². The van der Waals surface area contributed by atoms with Crippen molar-refractivity contribution in [2.24, 2.45) is 5.92 Å². The smallest absolute Gasteiger partial charge is 0.225 e. The van der Waals surface area contributed by atoms with Crippen LogP contribution in [0.3, 0.4) is 0 Å². The van der Waals surface area contributed by atoms with Gasteiger partial charge in [-0.25, -0.2) is 27.8 Å². The number of benzene rings is 1. The Kier molecular flexibility index (Phi) is 6.36. The Bertz CT molecular complexity index is 1180. The molecule has 1 fully saturated rings. The van der Waals surface area contributed by atoms with Gasteiger partial charge in [0.1, 0.15) is 0 Å². The first-order chi connectivity index (χ1) is 15.3. The third kappa shape index (κ3) is 5.04. The van der Waals surface area contributed by atoms with E-state index in [0.29, 0.717) is 23.7 Å². The Balaban J connectivity index is 1.31. The van der Waals surface area contributed by atoms with Crippen LogP contribution in [0.2, 0.25) is 0 Å². The molecule has 2 aromatic heterocycles. The predicted octanol–water partition coefficient (Wildman–Crippen LogP) is 3.55. The number of anilines is 1. The highest BCUT2D eigenvalue weighted by molar-refractivity contribution is 7.90. The van der Waals surface area contributed by atoms with E-state index in [4.69, 9.17) is 4.74 Å². The van der Waals surface area contributed by atoms with E-state index in [1.54, 1.807) is 18.2 Å². The number of aryl methyl sites for hydroxylation is 1. The van der Waals surface area contributed by atoms with Crippen molar-refractivity contribution >= 4 is 15.8 Å². The molecule has 1 aliphatic heterocycles. The van der Waals surface area contributed by atoms with Crippen LogP contribution < -0.4 is 9.64 Å². The van der Waals surface area contributed by atoms with Crippen LogP contribution in [0.15, 0.2) is 53.9 Å². The topological polar surface area (TPSA) is 85.3 Å². The number of aromatic nitrogens is 3. The number of ether oxygens (including phenoxy) is 1. The summed E-state index contributed by atoms with van der Waals surface area (Å²) in [4.78, 5) is 14.9. The third-order valence-corrected chi connectivity index (χ3v) is 6.33. The van der Waals surface area contributed by atoms with Gasteiger partial charge in [-0.05, 0) is 41.8 Å². The van der Waals surface area contributed by atoms with Crippen molar-refractivity contribution in [3.05, 3.63) is 60.3 Å². The van der Waals surface area contributed by atoms with Crippen LogP contribution >= 0.6 is 0 Å². The second-order valence-electron chi connectivity index (χ2n) is 8.03. The first-order valence-electron chi connectivity index (χ1n) is 10.5. The molecule has 0 amide bonds. The second kappa shape index (κ2) is 9.20. The summed E-state index contributed by atoms with van der Waals surface area (Å²) < 4.78 is 43.3. The fraction of sp³-hybridized carbons (Fsp3) is 0.348. The molecular formula is C23H25FN4O3S. The van der Waals surface area contributed by atoms with E-state index in [0.717, 1.165) is 37.8 Å². The molecule has 0 spiro atoms. The van der Waals surface area contributed by atoms with Gasteiger partial charge in [0.05, 0.1) is 6.61 Å². The lowest BCUT2D eigenvalue weighted by atomic mass is 10.0. The molecule has 1 saturated heterocycles. The Morgan fingerprint density at radius 3 is 2.38 bits per heavy atom. The van der Waals surface area contributed by atoms with E-state index >= 15 is 0 Å². The zero-order chi connectivity index (χ0) is 22.7. The maximum absolute atomic E-state index is 14.5. The van der Waals surface area contributed by atoms with Gasteiger partial charge in [0.15, 0.2) is 26.4 Å². The molecule has 4 rings (SSSR count). The summed E-state index contributed by atoms with van der Waals surface area (Å²) in [6, 6.07) is 7.70. The van der Waals surface area contributed by atoms with E-state index < -0.39 is 15.7 Å². The largest absolute Gasteiger partial charge is 0.490 e. The van der Waals surface area contributed by atoms with Gasteiger partial charge in [-0.2, -0.15) is 0 Å². The summed E-state index contributed by atoms with van der Waals surface area (Å²) in [5.41, 5.74) is 2.36. The van der Waals surface area contributed by atoms with Gasteiger partial charge in [-0.15, -0.1) is 0 Å². The maximum Gasteiger partial charge on any atom is 0.225 e. The molecule has 1 aliphatic rings. The van der Waals surface area contributed by atoms with Crippen LogP contribution in [0.5, 0.6) is 5.75 Å². The summed E-state index contributed by atoms with van der Waals surface area (Å²) in [6.45, 7) is 4.07.